The van der Waals surface area contributed by atoms with Crippen LogP contribution in [0, 0.1) is 0 Å². The lowest BCUT2D eigenvalue weighted by molar-refractivity contribution is -0.898. The van der Waals surface area contributed by atoms with Gasteiger partial charge in [0.25, 0.3) is 0 Å². The number of aliphatic hydroxyl groups excluding tert-OH is 1. The van der Waals surface area contributed by atoms with E-state index in [-0.39, 0.29) is 18.7 Å². The number of nitrogens with zero attached hydrogens (tertiary/aromatic N) is 1. The second kappa shape index (κ2) is 7.60. The number of carbonyl (C=O) groups is 1. The average Bonchev–Trinajstić information content (AvgIpc) is 2.27. The molecular weight excluding hydrogens is 210 g/mol. The van der Waals surface area contributed by atoms with E-state index in [9.17, 15) is 4.79 Å². The van der Waals surface area contributed by atoms with Gasteiger partial charge in [-0.15, -0.1) is 0 Å². The third-order valence-electron chi connectivity index (χ3n) is 2.65. The molecule has 1 fully saturated rings. The van der Waals surface area contributed by atoms with Crippen molar-refractivity contribution in [3.8, 4) is 0 Å². The SMILES string of the molecule is CO.COC(=O)COC1CCC[N+](C)(C)C1. The van der Waals surface area contributed by atoms with Crippen molar-refractivity contribution in [1.82, 2.24) is 0 Å². The molecule has 16 heavy (non-hydrogen) atoms. The minimum atomic E-state index is -0.291. The zero-order valence-electron chi connectivity index (χ0n) is 10.7. The van der Waals surface area contributed by atoms with E-state index in [0.29, 0.717) is 0 Å². The lowest BCUT2D eigenvalue weighted by Crippen LogP contribution is -2.50. The van der Waals surface area contributed by atoms with Crippen molar-refractivity contribution in [2.24, 2.45) is 0 Å². The van der Waals surface area contributed by atoms with Crippen LogP contribution in [-0.2, 0) is 14.3 Å². The summed E-state index contributed by atoms with van der Waals surface area (Å²) in [6.45, 7) is 2.26. The minimum Gasteiger partial charge on any atom is -0.467 e. The maximum Gasteiger partial charge on any atom is 0.331 e. The molecule has 96 valence electrons. The van der Waals surface area contributed by atoms with Crippen molar-refractivity contribution in [3.05, 3.63) is 0 Å². The van der Waals surface area contributed by atoms with Crippen molar-refractivity contribution in [2.45, 2.75) is 18.9 Å². The van der Waals surface area contributed by atoms with Gasteiger partial charge < -0.3 is 19.1 Å². The molecule has 1 unspecified atom stereocenters. The van der Waals surface area contributed by atoms with E-state index < -0.39 is 0 Å². The Morgan fingerprint density at radius 3 is 2.56 bits per heavy atom. The molecule has 5 nitrogen and oxygen atoms in total. The van der Waals surface area contributed by atoms with Gasteiger partial charge in [-0.3, -0.25) is 0 Å². The zero-order valence-corrected chi connectivity index (χ0v) is 10.7. The van der Waals surface area contributed by atoms with E-state index in [2.05, 4.69) is 18.8 Å². The number of hydrogen-bond acceptors (Lipinski definition) is 4. The van der Waals surface area contributed by atoms with Crippen molar-refractivity contribution in [1.29, 1.82) is 0 Å². The van der Waals surface area contributed by atoms with Gasteiger partial charge in [-0.2, -0.15) is 0 Å². The highest BCUT2D eigenvalue weighted by Gasteiger charge is 2.28. The molecule has 1 aliphatic rings. The number of ether oxygens (including phenoxy) is 2. The molecule has 1 heterocycles. The summed E-state index contributed by atoms with van der Waals surface area (Å²) in [4.78, 5) is 10.9. The number of methoxy groups -OCH3 is 1. The number of likely N-dealkylation sites (N-methyl/N-ethyl adjacent to an activating group) is 1. The van der Waals surface area contributed by atoms with Crippen LogP contribution in [0.1, 0.15) is 12.8 Å². The lowest BCUT2D eigenvalue weighted by atomic mass is 10.1. The molecule has 0 aromatic carbocycles. The van der Waals surface area contributed by atoms with E-state index in [1.807, 2.05) is 0 Å². The van der Waals surface area contributed by atoms with Gasteiger partial charge in [-0.05, 0) is 12.8 Å². The quantitative estimate of drug-likeness (QED) is 0.552. The summed E-state index contributed by atoms with van der Waals surface area (Å²) in [5.74, 6) is -0.291. The third-order valence-corrected chi connectivity index (χ3v) is 2.65. The molecule has 0 aliphatic carbocycles. The maximum absolute atomic E-state index is 10.9. The topological polar surface area (TPSA) is 55.8 Å². The number of quaternary nitrogens is 1. The first kappa shape index (κ1) is 15.3. The fourth-order valence-corrected chi connectivity index (χ4v) is 1.86. The van der Waals surface area contributed by atoms with Gasteiger partial charge in [-0.25, -0.2) is 4.79 Å². The van der Waals surface area contributed by atoms with E-state index in [0.717, 1.165) is 24.6 Å². The smallest absolute Gasteiger partial charge is 0.331 e. The molecule has 1 N–H and O–H groups in total. The van der Waals surface area contributed by atoms with Gasteiger partial charge in [0.15, 0.2) is 0 Å². The number of likely N-dealkylation sites (tertiary alicyclic amines) is 1. The van der Waals surface area contributed by atoms with E-state index in [1.165, 1.54) is 20.1 Å². The number of rotatable bonds is 3. The highest BCUT2D eigenvalue weighted by molar-refractivity contribution is 5.70. The molecular formula is C11H24NO4+. The summed E-state index contributed by atoms with van der Waals surface area (Å²) in [6.07, 6.45) is 2.43. The third kappa shape index (κ3) is 6.05. The first-order chi connectivity index (χ1) is 7.53. The predicted molar refractivity (Wildman–Crippen MR) is 61.0 cm³/mol. The second-order valence-corrected chi connectivity index (χ2v) is 4.49. The molecule has 0 bridgehead atoms. The molecule has 0 spiro atoms. The first-order valence-electron chi connectivity index (χ1n) is 5.49. The second-order valence-electron chi connectivity index (χ2n) is 4.49. The fraction of sp³-hybridized carbons (Fsp3) is 0.909. The maximum atomic E-state index is 10.9. The number of carbonyl (C=O) groups excluding carboxylic acids is 1. The Morgan fingerprint density at radius 2 is 2.06 bits per heavy atom. The van der Waals surface area contributed by atoms with Gasteiger partial charge in [0.1, 0.15) is 19.3 Å². The number of aliphatic hydroxyl groups is 1. The Kier molecular flexibility index (Phi) is 7.29. The highest BCUT2D eigenvalue weighted by Crippen LogP contribution is 2.16. The average molecular weight is 234 g/mol. The summed E-state index contributed by atoms with van der Waals surface area (Å²) in [5, 5.41) is 7.00. The van der Waals surface area contributed by atoms with Crippen LogP contribution < -0.4 is 0 Å². The Labute approximate surface area is 97.5 Å². The Bertz CT molecular complexity index is 206. The van der Waals surface area contributed by atoms with Crippen LogP contribution in [0.2, 0.25) is 0 Å². The van der Waals surface area contributed by atoms with Crippen molar-refractivity contribution in [3.63, 3.8) is 0 Å². The summed E-state index contributed by atoms with van der Waals surface area (Å²) in [7, 11) is 6.76. The Morgan fingerprint density at radius 1 is 1.44 bits per heavy atom. The van der Waals surface area contributed by atoms with Crippen LogP contribution >= 0.6 is 0 Å². The Balaban J connectivity index is 0.00000106. The van der Waals surface area contributed by atoms with Gasteiger partial charge in [0, 0.05) is 7.11 Å². The Hall–Kier alpha value is -0.650. The van der Waals surface area contributed by atoms with Gasteiger partial charge >= 0.3 is 5.97 Å². The predicted octanol–water partition coefficient (Wildman–Crippen LogP) is 0.0233. The summed E-state index contributed by atoms with van der Waals surface area (Å²) in [5.41, 5.74) is 0. The van der Waals surface area contributed by atoms with Crippen LogP contribution in [0.15, 0.2) is 0 Å². The first-order valence-corrected chi connectivity index (χ1v) is 5.49. The molecule has 1 saturated heterocycles. The standard InChI is InChI=1S/C10H20NO3.CH4O/c1-11(2)6-4-5-9(7-11)14-8-10(12)13-3;1-2/h9H,4-8H2,1-3H3;2H,1H3/q+1;. The molecule has 0 saturated carbocycles. The van der Waals surface area contributed by atoms with Gasteiger partial charge in [0.05, 0.1) is 27.7 Å². The number of piperidine rings is 1. The van der Waals surface area contributed by atoms with Crippen molar-refractivity contribution >= 4 is 5.97 Å². The molecule has 0 radical (unpaired) electrons. The van der Waals surface area contributed by atoms with Crippen LogP contribution in [0.4, 0.5) is 0 Å². The van der Waals surface area contributed by atoms with Crippen LogP contribution in [0.3, 0.4) is 0 Å². The highest BCUT2D eigenvalue weighted by atomic mass is 16.6. The fourth-order valence-electron chi connectivity index (χ4n) is 1.86. The molecule has 1 rings (SSSR count). The summed E-state index contributed by atoms with van der Waals surface area (Å²) >= 11 is 0. The van der Waals surface area contributed by atoms with Crippen molar-refractivity contribution in [2.75, 3.05) is 48.0 Å². The molecule has 1 aliphatic heterocycles. The van der Waals surface area contributed by atoms with Crippen LogP contribution in [0.5, 0.6) is 0 Å². The van der Waals surface area contributed by atoms with Crippen LogP contribution in [0.25, 0.3) is 0 Å². The number of esters is 1. The molecule has 0 aromatic rings. The van der Waals surface area contributed by atoms with E-state index in [1.54, 1.807) is 0 Å². The van der Waals surface area contributed by atoms with Gasteiger partial charge in [-0.1, -0.05) is 0 Å². The van der Waals surface area contributed by atoms with Gasteiger partial charge in [0.2, 0.25) is 0 Å². The normalized spacial score (nSPS) is 22.9. The van der Waals surface area contributed by atoms with E-state index >= 15 is 0 Å². The van der Waals surface area contributed by atoms with Crippen molar-refractivity contribution < 1.29 is 23.9 Å². The summed E-state index contributed by atoms with van der Waals surface area (Å²) < 4.78 is 11.0. The van der Waals surface area contributed by atoms with Crippen LogP contribution in [-0.4, -0.2) is 69.7 Å². The minimum absolute atomic E-state index is 0.0845. The molecule has 5 heteroatoms. The van der Waals surface area contributed by atoms with E-state index in [4.69, 9.17) is 9.84 Å². The number of hydrogen-bond donors (Lipinski definition) is 1. The largest absolute Gasteiger partial charge is 0.467 e. The molecule has 0 aromatic heterocycles. The molecule has 1 atom stereocenters. The monoisotopic (exact) mass is 234 g/mol. The summed E-state index contributed by atoms with van der Waals surface area (Å²) in [6, 6.07) is 0. The zero-order chi connectivity index (χ0) is 12.6. The molecule has 0 amide bonds. The lowest BCUT2D eigenvalue weighted by Gasteiger charge is -2.37.